The van der Waals surface area contributed by atoms with E-state index in [1.165, 1.54) is 6.92 Å². The standard InChI is InChI=1S/C8H10N4O2/c1-5(3-9)8(13)10-4-7-11-6(2)14-12-7/h5H,4H2,1-2H3,(H,10,13). The number of rotatable bonds is 3. The Kier molecular flexibility index (Phi) is 3.18. The molecule has 0 radical (unpaired) electrons. The van der Waals surface area contributed by atoms with Gasteiger partial charge in [0.15, 0.2) is 5.82 Å². The van der Waals surface area contributed by atoms with Gasteiger partial charge in [0.2, 0.25) is 11.8 Å². The Morgan fingerprint density at radius 2 is 2.50 bits per heavy atom. The maximum atomic E-state index is 11.1. The molecular formula is C8H10N4O2. The lowest BCUT2D eigenvalue weighted by Crippen LogP contribution is -2.28. The zero-order valence-corrected chi connectivity index (χ0v) is 7.94. The second-order valence-corrected chi connectivity index (χ2v) is 2.80. The molecule has 0 saturated heterocycles. The number of hydrogen-bond donors (Lipinski definition) is 1. The molecule has 1 N–H and O–H groups in total. The molecule has 1 aromatic heterocycles. The molecule has 0 aromatic carbocycles. The van der Waals surface area contributed by atoms with Crippen LogP contribution in [-0.2, 0) is 11.3 Å². The number of nitrogens with one attached hydrogen (secondary N) is 1. The van der Waals surface area contributed by atoms with E-state index in [-0.39, 0.29) is 12.5 Å². The summed E-state index contributed by atoms with van der Waals surface area (Å²) in [6.07, 6.45) is 0. The minimum Gasteiger partial charge on any atom is -0.348 e. The van der Waals surface area contributed by atoms with Crippen LogP contribution < -0.4 is 5.32 Å². The molecule has 0 bridgehead atoms. The number of nitriles is 1. The van der Waals surface area contributed by atoms with Crippen molar-refractivity contribution < 1.29 is 9.32 Å². The fourth-order valence-corrected chi connectivity index (χ4v) is 0.791. The second-order valence-electron chi connectivity index (χ2n) is 2.80. The van der Waals surface area contributed by atoms with Gasteiger partial charge in [-0.2, -0.15) is 10.2 Å². The molecule has 1 unspecified atom stereocenters. The van der Waals surface area contributed by atoms with Crippen molar-refractivity contribution in [2.45, 2.75) is 20.4 Å². The molecule has 1 rings (SSSR count). The Labute approximate surface area is 80.9 Å². The quantitative estimate of drug-likeness (QED) is 0.739. The summed E-state index contributed by atoms with van der Waals surface area (Å²) in [7, 11) is 0. The van der Waals surface area contributed by atoms with Gasteiger partial charge in [0, 0.05) is 6.92 Å². The maximum absolute atomic E-state index is 11.1. The van der Waals surface area contributed by atoms with Crippen LogP contribution in [0.25, 0.3) is 0 Å². The van der Waals surface area contributed by atoms with Crippen LogP contribution in [0.15, 0.2) is 4.52 Å². The van der Waals surface area contributed by atoms with Crippen LogP contribution in [0.5, 0.6) is 0 Å². The first kappa shape index (κ1) is 10.2. The monoisotopic (exact) mass is 194 g/mol. The molecule has 6 nitrogen and oxygen atoms in total. The SMILES string of the molecule is Cc1nc(CNC(=O)C(C)C#N)no1. The van der Waals surface area contributed by atoms with Crippen molar-refractivity contribution >= 4 is 5.91 Å². The van der Waals surface area contributed by atoms with E-state index in [1.807, 2.05) is 6.07 Å². The third-order valence-corrected chi connectivity index (χ3v) is 1.58. The van der Waals surface area contributed by atoms with E-state index >= 15 is 0 Å². The zero-order chi connectivity index (χ0) is 10.6. The van der Waals surface area contributed by atoms with E-state index in [2.05, 4.69) is 15.5 Å². The molecule has 1 heterocycles. The highest BCUT2D eigenvalue weighted by Crippen LogP contribution is 1.96. The lowest BCUT2D eigenvalue weighted by atomic mass is 10.2. The molecule has 0 saturated carbocycles. The van der Waals surface area contributed by atoms with E-state index in [0.29, 0.717) is 11.7 Å². The van der Waals surface area contributed by atoms with Gasteiger partial charge in [0.05, 0.1) is 12.6 Å². The van der Waals surface area contributed by atoms with Crippen molar-refractivity contribution in [1.29, 1.82) is 5.26 Å². The molecule has 0 aliphatic rings. The molecule has 1 aromatic rings. The van der Waals surface area contributed by atoms with Crippen molar-refractivity contribution in [2.75, 3.05) is 0 Å². The molecule has 74 valence electrons. The van der Waals surface area contributed by atoms with Gasteiger partial charge in [-0.3, -0.25) is 4.79 Å². The normalized spacial score (nSPS) is 11.8. The summed E-state index contributed by atoms with van der Waals surface area (Å²) in [6, 6.07) is 1.83. The summed E-state index contributed by atoms with van der Waals surface area (Å²) in [4.78, 5) is 15.0. The number of hydrogen-bond acceptors (Lipinski definition) is 5. The maximum Gasteiger partial charge on any atom is 0.237 e. The highest BCUT2D eigenvalue weighted by Gasteiger charge is 2.11. The predicted molar refractivity (Wildman–Crippen MR) is 45.7 cm³/mol. The minimum atomic E-state index is -0.664. The van der Waals surface area contributed by atoms with E-state index in [0.717, 1.165) is 0 Å². The summed E-state index contributed by atoms with van der Waals surface area (Å²) in [5.74, 6) is -0.151. The smallest absolute Gasteiger partial charge is 0.237 e. The van der Waals surface area contributed by atoms with Crippen molar-refractivity contribution in [1.82, 2.24) is 15.5 Å². The average molecular weight is 194 g/mol. The van der Waals surface area contributed by atoms with Gasteiger partial charge in [-0.15, -0.1) is 0 Å². The summed E-state index contributed by atoms with van der Waals surface area (Å²) >= 11 is 0. The average Bonchev–Trinajstić information content (AvgIpc) is 2.59. The minimum absolute atomic E-state index is 0.183. The Balaban J connectivity index is 2.42. The molecule has 0 fully saturated rings. The fourth-order valence-electron chi connectivity index (χ4n) is 0.791. The van der Waals surface area contributed by atoms with Crippen LogP contribution in [0.1, 0.15) is 18.6 Å². The number of carbonyl (C=O) groups excluding carboxylic acids is 1. The second kappa shape index (κ2) is 4.37. The molecule has 0 aliphatic heterocycles. The van der Waals surface area contributed by atoms with E-state index in [9.17, 15) is 4.79 Å². The van der Waals surface area contributed by atoms with Gasteiger partial charge in [-0.1, -0.05) is 5.16 Å². The van der Waals surface area contributed by atoms with E-state index < -0.39 is 5.92 Å². The van der Waals surface area contributed by atoms with Crippen molar-refractivity contribution in [2.24, 2.45) is 5.92 Å². The van der Waals surface area contributed by atoms with E-state index in [4.69, 9.17) is 9.78 Å². The van der Waals surface area contributed by atoms with E-state index in [1.54, 1.807) is 6.92 Å². The van der Waals surface area contributed by atoms with Crippen LogP contribution in [0, 0.1) is 24.2 Å². The first-order valence-corrected chi connectivity index (χ1v) is 4.10. The molecule has 14 heavy (non-hydrogen) atoms. The highest BCUT2D eigenvalue weighted by molar-refractivity contribution is 5.80. The van der Waals surface area contributed by atoms with Crippen LogP contribution >= 0.6 is 0 Å². The van der Waals surface area contributed by atoms with Gasteiger partial charge in [-0.25, -0.2) is 0 Å². The Hall–Kier alpha value is -1.90. The Morgan fingerprint density at radius 3 is 3.00 bits per heavy atom. The van der Waals surface area contributed by atoms with Crippen molar-refractivity contribution in [3.63, 3.8) is 0 Å². The lowest BCUT2D eigenvalue weighted by molar-refractivity contribution is -0.123. The Bertz CT molecular complexity index is 366. The molecule has 0 aliphatic carbocycles. The molecule has 1 amide bonds. The molecule has 1 atom stereocenters. The topological polar surface area (TPSA) is 91.8 Å². The predicted octanol–water partition coefficient (Wildman–Crippen LogP) is 0.154. The number of aryl methyl sites for hydroxylation is 1. The molecule has 0 spiro atoms. The highest BCUT2D eigenvalue weighted by atomic mass is 16.5. The third-order valence-electron chi connectivity index (χ3n) is 1.58. The zero-order valence-electron chi connectivity index (χ0n) is 7.94. The Morgan fingerprint density at radius 1 is 1.79 bits per heavy atom. The first-order valence-electron chi connectivity index (χ1n) is 4.10. The lowest BCUT2D eigenvalue weighted by Gasteiger charge is -2.01. The van der Waals surface area contributed by atoms with Crippen LogP contribution in [0.2, 0.25) is 0 Å². The van der Waals surface area contributed by atoms with Gasteiger partial charge in [0.1, 0.15) is 5.92 Å². The van der Waals surface area contributed by atoms with Gasteiger partial charge in [-0.05, 0) is 6.92 Å². The molecule has 6 heteroatoms. The third kappa shape index (κ3) is 2.55. The fraction of sp³-hybridized carbons (Fsp3) is 0.500. The van der Waals surface area contributed by atoms with Crippen LogP contribution in [0.4, 0.5) is 0 Å². The number of carbonyl (C=O) groups is 1. The van der Waals surface area contributed by atoms with Crippen LogP contribution in [-0.4, -0.2) is 16.0 Å². The first-order chi connectivity index (χ1) is 6.63. The number of nitrogens with zero attached hydrogens (tertiary/aromatic N) is 3. The number of amides is 1. The van der Waals surface area contributed by atoms with Crippen molar-refractivity contribution in [3.8, 4) is 6.07 Å². The van der Waals surface area contributed by atoms with Gasteiger partial charge < -0.3 is 9.84 Å². The van der Waals surface area contributed by atoms with Gasteiger partial charge >= 0.3 is 0 Å². The van der Waals surface area contributed by atoms with Crippen molar-refractivity contribution in [3.05, 3.63) is 11.7 Å². The summed E-state index contributed by atoms with van der Waals surface area (Å²) in [5, 5.41) is 14.6. The number of aromatic nitrogens is 2. The summed E-state index contributed by atoms with van der Waals surface area (Å²) in [5.41, 5.74) is 0. The van der Waals surface area contributed by atoms with Crippen LogP contribution in [0.3, 0.4) is 0 Å². The summed E-state index contributed by atoms with van der Waals surface area (Å²) in [6.45, 7) is 3.37. The van der Waals surface area contributed by atoms with Gasteiger partial charge in [0.25, 0.3) is 0 Å². The largest absolute Gasteiger partial charge is 0.348 e. The summed E-state index contributed by atoms with van der Waals surface area (Å²) < 4.78 is 4.71. The molecular weight excluding hydrogens is 184 g/mol.